The van der Waals surface area contributed by atoms with Crippen molar-refractivity contribution in [2.24, 2.45) is 0 Å². The average molecular weight is 386 g/mol. The van der Waals surface area contributed by atoms with Crippen LogP contribution in [0.3, 0.4) is 0 Å². The molecule has 1 aliphatic rings. The Balaban J connectivity index is 2.18. The van der Waals surface area contributed by atoms with E-state index in [9.17, 15) is 9.59 Å². The van der Waals surface area contributed by atoms with Gasteiger partial charge in [-0.3, -0.25) is 14.5 Å². The number of nitrogens with one attached hydrogen (secondary N) is 1. The van der Waals surface area contributed by atoms with E-state index < -0.39 is 12.1 Å². The fourth-order valence-corrected chi connectivity index (χ4v) is 4.14. The smallest absolute Gasteiger partial charge is 0.245 e. The number of benzene rings is 1. The van der Waals surface area contributed by atoms with Crippen LogP contribution >= 0.6 is 34.2 Å². The molecule has 1 fully saturated rings. The number of amides is 2. The molecule has 132 valence electrons. The molecular weight excluding hydrogens is 362 g/mol. The van der Waals surface area contributed by atoms with Crippen LogP contribution in [-0.4, -0.2) is 58.8 Å². The summed E-state index contributed by atoms with van der Waals surface area (Å²) in [4.78, 5) is 29.2. The van der Waals surface area contributed by atoms with E-state index in [1.54, 1.807) is 16.7 Å². The van der Waals surface area contributed by atoms with Crippen LogP contribution in [0.15, 0.2) is 30.3 Å². The number of rotatable bonds is 6. The molecule has 0 spiro atoms. The van der Waals surface area contributed by atoms with Crippen LogP contribution in [-0.2, 0) is 9.59 Å². The van der Waals surface area contributed by atoms with Gasteiger partial charge in [-0.1, -0.05) is 41.1 Å². The van der Waals surface area contributed by atoms with Gasteiger partial charge in [0.2, 0.25) is 11.8 Å². The van der Waals surface area contributed by atoms with Crippen LogP contribution in [0.4, 0.5) is 0 Å². The van der Waals surface area contributed by atoms with E-state index >= 15 is 0 Å². The molecule has 1 aromatic carbocycles. The highest BCUT2D eigenvalue weighted by atomic mass is 33.1. The second kappa shape index (κ2) is 9.03. The van der Waals surface area contributed by atoms with Gasteiger partial charge in [0.05, 0.1) is 11.3 Å². The summed E-state index contributed by atoms with van der Waals surface area (Å²) in [5.41, 5.74) is 0.933. The first kappa shape index (κ1) is 19.5. The maximum Gasteiger partial charge on any atom is 0.245 e. The number of likely N-dealkylation sites (N-methyl/N-ethyl adjacent to an activating group) is 1. The fourth-order valence-electron chi connectivity index (χ4n) is 2.65. The molecule has 8 heteroatoms. The van der Waals surface area contributed by atoms with Gasteiger partial charge in [0.25, 0.3) is 0 Å². The van der Waals surface area contributed by atoms with E-state index in [-0.39, 0.29) is 17.2 Å². The summed E-state index contributed by atoms with van der Waals surface area (Å²) < 4.78 is 0. The second-order valence-corrected chi connectivity index (χ2v) is 8.41. The highest BCUT2D eigenvalue weighted by molar-refractivity contribution is 8.68. The van der Waals surface area contributed by atoms with Crippen LogP contribution in [0, 0.1) is 0 Å². The van der Waals surface area contributed by atoms with Crippen LogP contribution < -0.4 is 5.32 Å². The average Bonchev–Trinajstić information content (AvgIpc) is 3.05. The molecule has 0 radical (unpaired) electrons. The number of nitrogens with zero attached hydrogens (tertiary/aromatic N) is 2. The van der Waals surface area contributed by atoms with Crippen molar-refractivity contribution in [3.63, 3.8) is 0 Å². The monoisotopic (exact) mass is 385 g/mol. The van der Waals surface area contributed by atoms with Crippen LogP contribution in [0.2, 0.25) is 0 Å². The first-order valence-electron chi connectivity index (χ1n) is 7.66. The molecule has 1 aromatic rings. The minimum atomic E-state index is -0.434. The van der Waals surface area contributed by atoms with E-state index in [1.807, 2.05) is 56.3 Å². The summed E-state index contributed by atoms with van der Waals surface area (Å²) in [7, 11) is 5.04. The van der Waals surface area contributed by atoms with Gasteiger partial charge in [-0.15, -0.1) is 23.4 Å². The first-order valence-corrected chi connectivity index (χ1v) is 10.7. The van der Waals surface area contributed by atoms with Gasteiger partial charge in [-0.2, -0.15) is 0 Å². The summed E-state index contributed by atoms with van der Waals surface area (Å²) in [5.74, 6) is 1.00. The number of hydrogen-bond donors (Lipinski definition) is 2. The van der Waals surface area contributed by atoms with Crippen molar-refractivity contribution in [3.8, 4) is 0 Å². The van der Waals surface area contributed by atoms with Crippen molar-refractivity contribution < 1.29 is 9.59 Å². The van der Waals surface area contributed by atoms with Crippen molar-refractivity contribution in [1.82, 2.24) is 15.1 Å². The highest BCUT2D eigenvalue weighted by Gasteiger charge is 2.39. The summed E-state index contributed by atoms with van der Waals surface area (Å²) >= 11 is 5.72. The van der Waals surface area contributed by atoms with E-state index in [2.05, 4.69) is 17.0 Å². The Morgan fingerprint density at radius 2 is 2.04 bits per heavy atom. The maximum absolute atomic E-state index is 13.1. The molecule has 1 N–H and O–H groups in total. The van der Waals surface area contributed by atoms with Gasteiger partial charge in [-0.05, 0) is 26.6 Å². The number of thiol groups is 1. The number of thioether (sulfide) groups is 1. The molecule has 0 aromatic heterocycles. The number of carbonyl (C=O) groups excluding carboxylic acids is 2. The molecule has 0 saturated carbocycles. The quantitative estimate of drug-likeness (QED) is 0.447. The lowest BCUT2D eigenvalue weighted by Crippen LogP contribution is -2.51. The third kappa shape index (κ3) is 4.62. The Morgan fingerprint density at radius 3 is 2.62 bits per heavy atom. The van der Waals surface area contributed by atoms with Crippen molar-refractivity contribution in [1.29, 1.82) is 0 Å². The molecule has 2 amide bonds. The zero-order chi connectivity index (χ0) is 17.7. The molecular formula is C16H23N3O2S3. The lowest BCUT2D eigenvalue weighted by atomic mass is 10.0. The highest BCUT2D eigenvalue weighted by Crippen LogP contribution is 2.28. The van der Waals surface area contributed by atoms with E-state index in [4.69, 9.17) is 0 Å². The van der Waals surface area contributed by atoms with Gasteiger partial charge in [0, 0.05) is 5.75 Å². The van der Waals surface area contributed by atoms with Gasteiger partial charge in [-0.25, -0.2) is 0 Å². The number of hydrogen-bond acceptors (Lipinski definition) is 6. The van der Waals surface area contributed by atoms with Gasteiger partial charge < -0.3 is 10.2 Å². The first-order chi connectivity index (χ1) is 11.5. The third-order valence-corrected chi connectivity index (χ3v) is 6.23. The summed E-state index contributed by atoms with van der Waals surface area (Å²) in [6.45, 7) is 1.87. The lowest BCUT2D eigenvalue weighted by Gasteiger charge is -2.31. The molecule has 1 aliphatic heterocycles. The zero-order valence-electron chi connectivity index (χ0n) is 14.0. The summed E-state index contributed by atoms with van der Waals surface area (Å²) in [6, 6.07) is 8.84. The molecule has 0 aliphatic carbocycles. The van der Waals surface area contributed by atoms with Crippen molar-refractivity contribution in [3.05, 3.63) is 35.9 Å². The lowest BCUT2D eigenvalue weighted by molar-refractivity contribution is -0.141. The van der Waals surface area contributed by atoms with E-state index in [1.165, 1.54) is 10.8 Å². The maximum atomic E-state index is 13.1. The minimum absolute atomic E-state index is 0.0393. The van der Waals surface area contributed by atoms with E-state index in [0.29, 0.717) is 11.6 Å². The predicted octanol–water partition coefficient (Wildman–Crippen LogP) is 2.23. The fraction of sp³-hybridized carbons (Fsp3) is 0.500. The normalized spacial score (nSPS) is 20.0. The summed E-state index contributed by atoms with van der Waals surface area (Å²) in [5, 5.41) is 2.80. The van der Waals surface area contributed by atoms with Gasteiger partial charge in [0.1, 0.15) is 12.1 Å². The molecule has 0 bridgehead atoms. The molecule has 1 heterocycles. The van der Waals surface area contributed by atoms with E-state index in [0.717, 1.165) is 5.56 Å². The standard InChI is InChI=1S/C16H23N3O2S3/c1-11(24-22)17-15(20)13-9-23-10-19(13)16(21)14(18(2)3)12-7-5-4-6-8-12/h4-8,11,13-14,22H,9-10H2,1-3H3,(H,17,20). The van der Waals surface area contributed by atoms with Crippen molar-refractivity contribution in [2.75, 3.05) is 25.7 Å². The molecule has 24 heavy (non-hydrogen) atoms. The van der Waals surface area contributed by atoms with Crippen molar-refractivity contribution in [2.45, 2.75) is 24.4 Å². The Morgan fingerprint density at radius 1 is 1.38 bits per heavy atom. The molecule has 3 atom stereocenters. The topological polar surface area (TPSA) is 52.7 Å². The Bertz CT molecular complexity index is 571. The summed E-state index contributed by atoms with van der Waals surface area (Å²) in [6.07, 6.45) is 0. The minimum Gasteiger partial charge on any atom is -0.342 e. The predicted molar refractivity (Wildman–Crippen MR) is 105 cm³/mol. The zero-order valence-corrected chi connectivity index (χ0v) is 16.5. The SMILES string of the molecule is CC(NC(=O)C1CSCN1C(=O)C(c1ccccc1)N(C)C)SS. The Labute approximate surface area is 156 Å². The molecule has 2 rings (SSSR count). The van der Waals surface area contributed by atoms with Crippen LogP contribution in [0.5, 0.6) is 0 Å². The molecule has 3 unspecified atom stereocenters. The Kier molecular flexibility index (Phi) is 7.34. The number of carbonyl (C=O) groups is 2. The van der Waals surface area contributed by atoms with Crippen LogP contribution in [0.25, 0.3) is 0 Å². The van der Waals surface area contributed by atoms with Gasteiger partial charge in [0.15, 0.2) is 0 Å². The molecule has 1 saturated heterocycles. The second-order valence-electron chi connectivity index (χ2n) is 5.86. The van der Waals surface area contributed by atoms with Gasteiger partial charge >= 0.3 is 0 Å². The Hall–Kier alpha value is -0.830. The molecule has 5 nitrogen and oxygen atoms in total. The van der Waals surface area contributed by atoms with Crippen LogP contribution in [0.1, 0.15) is 18.5 Å². The van der Waals surface area contributed by atoms with Crippen molar-refractivity contribution >= 4 is 46.0 Å². The third-order valence-electron chi connectivity index (χ3n) is 3.84. The largest absolute Gasteiger partial charge is 0.342 e.